The van der Waals surface area contributed by atoms with Crippen LogP contribution in [-0.2, 0) is 4.74 Å². The molecule has 0 bridgehead atoms. The second-order valence-electron chi connectivity index (χ2n) is 3.03. The number of hydrogen-bond donors (Lipinski definition) is 2. The van der Waals surface area contributed by atoms with Crippen molar-refractivity contribution in [2.45, 2.75) is 6.92 Å². The van der Waals surface area contributed by atoms with Gasteiger partial charge in [-0.2, -0.15) is 0 Å². The predicted molar refractivity (Wildman–Crippen MR) is 55.1 cm³/mol. The first kappa shape index (κ1) is 11.2. The summed E-state index contributed by atoms with van der Waals surface area (Å²) in [5.41, 5.74) is 6.50. The fourth-order valence-electron chi connectivity index (χ4n) is 1.38. The third-order valence-electron chi connectivity index (χ3n) is 2.07. The van der Waals surface area contributed by atoms with E-state index in [1.54, 1.807) is 13.0 Å². The van der Waals surface area contributed by atoms with Crippen molar-refractivity contribution in [2.24, 2.45) is 0 Å². The van der Waals surface area contributed by atoms with Crippen LogP contribution in [0, 0.1) is 6.92 Å². The highest BCUT2D eigenvalue weighted by atomic mass is 16.5. The zero-order valence-corrected chi connectivity index (χ0v) is 8.83. The Bertz CT molecular complexity index is 401. The summed E-state index contributed by atoms with van der Waals surface area (Å²) in [6, 6.07) is 1.55. The number of phenols is 1. The lowest BCUT2D eigenvalue weighted by Gasteiger charge is -2.12. The van der Waals surface area contributed by atoms with Crippen molar-refractivity contribution >= 4 is 11.7 Å². The fourth-order valence-corrected chi connectivity index (χ4v) is 1.38. The highest BCUT2D eigenvalue weighted by molar-refractivity contribution is 5.96. The zero-order valence-electron chi connectivity index (χ0n) is 8.83. The Labute approximate surface area is 87.4 Å². The average Bonchev–Trinajstić information content (AvgIpc) is 2.17. The Morgan fingerprint density at radius 2 is 2.07 bits per heavy atom. The third-order valence-corrected chi connectivity index (χ3v) is 2.07. The lowest BCUT2D eigenvalue weighted by atomic mass is 10.1. The summed E-state index contributed by atoms with van der Waals surface area (Å²) < 4.78 is 9.43. The van der Waals surface area contributed by atoms with Crippen molar-refractivity contribution in [3.05, 3.63) is 17.2 Å². The minimum atomic E-state index is -0.622. The van der Waals surface area contributed by atoms with Crippen molar-refractivity contribution in [3.63, 3.8) is 0 Å². The van der Waals surface area contributed by atoms with Crippen LogP contribution in [0.1, 0.15) is 15.9 Å². The second kappa shape index (κ2) is 4.08. The van der Waals surface area contributed by atoms with Gasteiger partial charge in [0.2, 0.25) is 0 Å². The van der Waals surface area contributed by atoms with Gasteiger partial charge in [0.1, 0.15) is 5.56 Å². The molecule has 0 fully saturated rings. The monoisotopic (exact) mass is 211 g/mol. The minimum absolute atomic E-state index is 0.0727. The van der Waals surface area contributed by atoms with E-state index in [9.17, 15) is 9.90 Å². The molecule has 0 radical (unpaired) electrons. The Hall–Kier alpha value is -1.91. The van der Waals surface area contributed by atoms with Gasteiger partial charge in [0.15, 0.2) is 11.5 Å². The van der Waals surface area contributed by atoms with Crippen molar-refractivity contribution in [1.29, 1.82) is 0 Å². The molecule has 1 aromatic rings. The predicted octanol–water partition coefficient (Wildman–Crippen LogP) is 1.08. The molecule has 5 nitrogen and oxygen atoms in total. The van der Waals surface area contributed by atoms with E-state index < -0.39 is 5.97 Å². The zero-order chi connectivity index (χ0) is 11.6. The van der Waals surface area contributed by atoms with E-state index in [-0.39, 0.29) is 22.7 Å². The van der Waals surface area contributed by atoms with E-state index in [1.165, 1.54) is 14.2 Å². The van der Waals surface area contributed by atoms with Crippen LogP contribution in [0.25, 0.3) is 0 Å². The SMILES string of the molecule is COC(=O)c1c(C)cc(N)c(OC)c1O. The fraction of sp³-hybridized carbons (Fsp3) is 0.300. The molecule has 0 unspecified atom stereocenters. The number of rotatable bonds is 2. The molecule has 1 aromatic carbocycles. The van der Waals surface area contributed by atoms with E-state index in [0.717, 1.165) is 0 Å². The van der Waals surface area contributed by atoms with Gasteiger partial charge >= 0.3 is 5.97 Å². The number of aromatic hydroxyl groups is 1. The smallest absolute Gasteiger partial charge is 0.342 e. The van der Waals surface area contributed by atoms with Crippen molar-refractivity contribution in [2.75, 3.05) is 20.0 Å². The summed E-state index contributed by atoms with van der Waals surface area (Å²) in [5.74, 6) is -0.828. The number of phenolic OH excluding ortho intramolecular Hbond substituents is 1. The van der Waals surface area contributed by atoms with Crippen LogP contribution < -0.4 is 10.5 Å². The number of nitrogens with two attached hydrogens (primary N) is 1. The van der Waals surface area contributed by atoms with Gasteiger partial charge in [-0.25, -0.2) is 4.79 Å². The molecule has 0 aromatic heterocycles. The molecule has 0 heterocycles. The second-order valence-corrected chi connectivity index (χ2v) is 3.03. The molecule has 0 aliphatic heterocycles. The normalized spacial score (nSPS) is 9.80. The molecular weight excluding hydrogens is 198 g/mol. The summed E-state index contributed by atoms with van der Waals surface area (Å²) >= 11 is 0. The van der Waals surface area contributed by atoms with E-state index >= 15 is 0 Å². The number of hydrogen-bond acceptors (Lipinski definition) is 5. The van der Waals surface area contributed by atoms with E-state index in [4.69, 9.17) is 10.5 Å². The number of carbonyl (C=O) groups is 1. The Kier molecular flexibility index (Phi) is 3.04. The lowest BCUT2D eigenvalue weighted by molar-refractivity contribution is 0.0596. The highest BCUT2D eigenvalue weighted by Gasteiger charge is 2.20. The van der Waals surface area contributed by atoms with Gasteiger partial charge in [-0.15, -0.1) is 0 Å². The number of carbonyl (C=O) groups excluding carboxylic acids is 1. The number of anilines is 1. The Morgan fingerprint density at radius 3 is 2.53 bits per heavy atom. The molecule has 5 heteroatoms. The van der Waals surface area contributed by atoms with Crippen LogP contribution in [0.5, 0.6) is 11.5 Å². The van der Waals surface area contributed by atoms with Crippen molar-refractivity contribution in [1.82, 2.24) is 0 Å². The maximum Gasteiger partial charge on any atom is 0.342 e. The number of methoxy groups -OCH3 is 2. The largest absolute Gasteiger partial charge is 0.504 e. The topological polar surface area (TPSA) is 81.8 Å². The number of nitrogen functional groups attached to an aromatic ring is 1. The molecule has 0 amide bonds. The van der Waals surface area contributed by atoms with Crippen LogP contribution in [0.15, 0.2) is 6.07 Å². The van der Waals surface area contributed by atoms with Crippen LogP contribution >= 0.6 is 0 Å². The van der Waals surface area contributed by atoms with E-state index in [0.29, 0.717) is 5.56 Å². The van der Waals surface area contributed by atoms with Crippen LogP contribution in [0.2, 0.25) is 0 Å². The minimum Gasteiger partial charge on any atom is -0.504 e. The molecule has 15 heavy (non-hydrogen) atoms. The molecule has 0 spiro atoms. The average molecular weight is 211 g/mol. The van der Waals surface area contributed by atoms with Gasteiger partial charge in [-0.3, -0.25) is 0 Å². The van der Waals surface area contributed by atoms with Gasteiger partial charge in [0, 0.05) is 0 Å². The highest BCUT2D eigenvalue weighted by Crippen LogP contribution is 2.37. The van der Waals surface area contributed by atoms with E-state index in [1.807, 2.05) is 0 Å². The summed E-state index contributed by atoms with van der Waals surface area (Å²) in [5, 5.41) is 9.75. The first-order chi connectivity index (χ1) is 7.02. The van der Waals surface area contributed by atoms with Crippen LogP contribution in [0.4, 0.5) is 5.69 Å². The number of esters is 1. The van der Waals surface area contributed by atoms with Crippen molar-refractivity contribution < 1.29 is 19.4 Å². The van der Waals surface area contributed by atoms with Gasteiger partial charge in [-0.1, -0.05) is 0 Å². The molecule has 1 rings (SSSR count). The first-order valence-corrected chi connectivity index (χ1v) is 4.27. The summed E-state index contributed by atoms with van der Waals surface area (Å²) in [7, 11) is 2.60. The first-order valence-electron chi connectivity index (χ1n) is 4.27. The number of aryl methyl sites for hydroxylation is 1. The number of ether oxygens (including phenoxy) is 2. The molecule has 0 saturated heterocycles. The summed E-state index contributed by atoms with van der Waals surface area (Å²) in [6.45, 7) is 1.65. The molecule has 3 N–H and O–H groups in total. The van der Waals surface area contributed by atoms with Crippen LogP contribution in [-0.4, -0.2) is 25.3 Å². The van der Waals surface area contributed by atoms with Gasteiger partial charge in [0.25, 0.3) is 0 Å². The molecule has 0 aliphatic rings. The van der Waals surface area contributed by atoms with Gasteiger partial charge < -0.3 is 20.3 Å². The quantitative estimate of drug-likeness (QED) is 0.565. The molecule has 82 valence electrons. The maximum absolute atomic E-state index is 11.4. The third kappa shape index (κ3) is 1.81. The molecule has 0 aliphatic carbocycles. The van der Waals surface area contributed by atoms with Gasteiger partial charge in [-0.05, 0) is 18.6 Å². The standard InChI is InChI=1S/C10H13NO4/c1-5-4-6(11)9(14-2)8(12)7(5)10(13)15-3/h4,12H,11H2,1-3H3. The van der Waals surface area contributed by atoms with Gasteiger partial charge in [0.05, 0.1) is 19.9 Å². The molecule has 0 saturated carbocycles. The lowest BCUT2D eigenvalue weighted by Crippen LogP contribution is -2.06. The Morgan fingerprint density at radius 1 is 1.47 bits per heavy atom. The maximum atomic E-state index is 11.4. The van der Waals surface area contributed by atoms with Crippen molar-refractivity contribution in [3.8, 4) is 11.5 Å². The summed E-state index contributed by atoms with van der Waals surface area (Å²) in [6.07, 6.45) is 0. The molecular formula is C10H13NO4. The summed E-state index contributed by atoms with van der Waals surface area (Å²) in [4.78, 5) is 11.4. The number of benzene rings is 1. The van der Waals surface area contributed by atoms with Crippen LogP contribution in [0.3, 0.4) is 0 Å². The van der Waals surface area contributed by atoms with E-state index in [2.05, 4.69) is 4.74 Å². The Balaban J connectivity index is 3.45. The molecule has 0 atom stereocenters.